The Bertz CT molecular complexity index is 549. The summed E-state index contributed by atoms with van der Waals surface area (Å²) in [6, 6.07) is 9.96. The maximum absolute atomic E-state index is 12.3. The number of benzene rings is 1. The van der Waals surface area contributed by atoms with Crippen LogP contribution in [0.3, 0.4) is 0 Å². The molecule has 0 saturated heterocycles. The van der Waals surface area contributed by atoms with E-state index >= 15 is 0 Å². The number of methoxy groups -OCH3 is 1. The van der Waals surface area contributed by atoms with E-state index in [1.54, 1.807) is 18.4 Å². The normalized spacial score (nSPS) is 10.4. The molecule has 0 bridgehead atoms. The minimum Gasteiger partial charge on any atom is -0.497 e. The monoisotopic (exact) mass is 303 g/mol. The van der Waals surface area contributed by atoms with Crippen LogP contribution in [0, 0.1) is 0 Å². The molecule has 1 heterocycles. The molecule has 2 rings (SSSR count). The number of thiophene rings is 1. The summed E-state index contributed by atoms with van der Waals surface area (Å²) in [7, 11) is 1.65. The van der Waals surface area contributed by atoms with Crippen LogP contribution < -0.4 is 4.74 Å². The maximum atomic E-state index is 12.3. The van der Waals surface area contributed by atoms with Crippen molar-refractivity contribution in [2.45, 2.75) is 26.3 Å². The van der Waals surface area contributed by atoms with Crippen LogP contribution in [0.2, 0.25) is 0 Å². The van der Waals surface area contributed by atoms with Gasteiger partial charge in [0.15, 0.2) is 0 Å². The van der Waals surface area contributed by atoms with E-state index in [2.05, 4.69) is 16.8 Å². The highest BCUT2D eigenvalue weighted by atomic mass is 32.1. The fourth-order valence-corrected chi connectivity index (χ4v) is 2.88. The van der Waals surface area contributed by atoms with Crippen molar-refractivity contribution in [2.75, 3.05) is 13.7 Å². The lowest BCUT2D eigenvalue weighted by atomic mass is 10.1. The zero-order chi connectivity index (χ0) is 15.1. The third-order valence-electron chi connectivity index (χ3n) is 3.47. The molecule has 0 aliphatic heterocycles. The van der Waals surface area contributed by atoms with E-state index in [9.17, 15) is 4.79 Å². The molecule has 0 aliphatic carbocycles. The molecule has 0 fully saturated rings. The van der Waals surface area contributed by atoms with Crippen molar-refractivity contribution in [2.24, 2.45) is 0 Å². The molecule has 0 atom stereocenters. The summed E-state index contributed by atoms with van der Waals surface area (Å²) in [6.07, 6.45) is 1.39. The minimum absolute atomic E-state index is 0.208. The van der Waals surface area contributed by atoms with Crippen molar-refractivity contribution in [3.8, 4) is 5.75 Å². The lowest BCUT2D eigenvalue weighted by Crippen LogP contribution is -2.30. The molecule has 3 nitrogen and oxygen atoms in total. The van der Waals surface area contributed by atoms with Gasteiger partial charge in [0.25, 0.3) is 0 Å². The first-order chi connectivity index (χ1) is 10.2. The van der Waals surface area contributed by atoms with Crippen LogP contribution in [0.4, 0.5) is 0 Å². The highest BCUT2D eigenvalue weighted by Gasteiger charge is 2.12. The zero-order valence-electron chi connectivity index (χ0n) is 12.5. The van der Waals surface area contributed by atoms with Gasteiger partial charge in [-0.15, -0.1) is 0 Å². The van der Waals surface area contributed by atoms with Crippen molar-refractivity contribution in [1.29, 1.82) is 0 Å². The van der Waals surface area contributed by atoms with Gasteiger partial charge in [0.2, 0.25) is 5.91 Å². The van der Waals surface area contributed by atoms with Crippen molar-refractivity contribution in [3.05, 3.63) is 52.2 Å². The van der Waals surface area contributed by atoms with Gasteiger partial charge in [-0.25, -0.2) is 0 Å². The summed E-state index contributed by atoms with van der Waals surface area (Å²) in [6.45, 7) is 3.41. The number of amides is 1. The van der Waals surface area contributed by atoms with Gasteiger partial charge < -0.3 is 9.64 Å². The van der Waals surface area contributed by atoms with Gasteiger partial charge in [0.1, 0.15) is 5.75 Å². The van der Waals surface area contributed by atoms with Crippen LogP contribution in [-0.2, 0) is 17.8 Å². The number of rotatable bonds is 7. The fourth-order valence-electron chi connectivity index (χ4n) is 2.17. The first-order valence-electron chi connectivity index (χ1n) is 7.14. The minimum atomic E-state index is 0.208. The highest BCUT2D eigenvalue weighted by Crippen LogP contribution is 2.14. The predicted molar refractivity (Wildman–Crippen MR) is 86.7 cm³/mol. The third kappa shape index (κ3) is 4.60. The molecule has 0 unspecified atom stereocenters. The second kappa shape index (κ2) is 7.84. The molecule has 0 saturated carbocycles. The van der Waals surface area contributed by atoms with E-state index < -0.39 is 0 Å². The van der Waals surface area contributed by atoms with Gasteiger partial charge in [0.05, 0.1) is 7.11 Å². The van der Waals surface area contributed by atoms with E-state index in [0.29, 0.717) is 13.0 Å². The molecule has 1 amide bonds. The van der Waals surface area contributed by atoms with E-state index in [0.717, 1.165) is 24.3 Å². The summed E-state index contributed by atoms with van der Waals surface area (Å²) >= 11 is 1.67. The first kappa shape index (κ1) is 15.6. The average molecular weight is 303 g/mol. The number of carbonyl (C=O) groups is 1. The Balaban J connectivity index is 1.90. The van der Waals surface area contributed by atoms with Crippen LogP contribution >= 0.6 is 11.3 Å². The summed E-state index contributed by atoms with van der Waals surface area (Å²) in [5.74, 6) is 1.05. The number of hydrogen-bond acceptors (Lipinski definition) is 3. The largest absolute Gasteiger partial charge is 0.497 e. The van der Waals surface area contributed by atoms with Crippen LogP contribution in [-0.4, -0.2) is 24.5 Å². The zero-order valence-corrected chi connectivity index (χ0v) is 13.4. The SMILES string of the molecule is CCN(Cc1ccc(OC)cc1)C(=O)CCc1ccsc1. The first-order valence-corrected chi connectivity index (χ1v) is 8.09. The molecule has 0 radical (unpaired) electrons. The number of ether oxygens (including phenoxy) is 1. The fraction of sp³-hybridized carbons (Fsp3) is 0.353. The van der Waals surface area contributed by atoms with Gasteiger partial charge in [-0.3, -0.25) is 4.79 Å². The van der Waals surface area contributed by atoms with Crippen LogP contribution in [0.5, 0.6) is 5.75 Å². The van der Waals surface area contributed by atoms with Gasteiger partial charge in [-0.2, -0.15) is 11.3 Å². The molecule has 2 aromatic rings. The molecular formula is C17H21NO2S. The van der Waals surface area contributed by atoms with Crippen molar-refractivity contribution in [1.82, 2.24) is 4.90 Å². The molecule has 21 heavy (non-hydrogen) atoms. The average Bonchev–Trinajstić information content (AvgIpc) is 3.04. The Labute approximate surface area is 130 Å². The summed E-state index contributed by atoms with van der Waals surface area (Å²) in [4.78, 5) is 14.2. The predicted octanol–water partition coefficient (Wildman–Crippen LogP) is 3.74. The molecule has 0 N–H and O–H groups in total. The Morgan fingerprint density at radius 1 is 1.19 bits per heavy atom. The lowest BCUT2D eigenvalue weighted by molar-refractivity contribution is -0.131. The van der Waals surface area contributed by atoms with Gasteiger partial charge in [-0.1, -0.05) is 12.1 Å². The van der Waals surface area contributed by atoms with Gasteiger partial charge in [-0.05, 0) is 53.4 Å². The molecule has 1 aromatic heterocycles. The molecular weight excluding hydrogens is 282 g/mol. The molecule has 4 heteroatoms. The Kier molecular flexibility index (Phi) is 5.81. The number of aryl methyl sites for hydroxylation is 1. The quantitative estimate of drug-likeness (QED) is 0.780. The third-order valence-corrected chi connectivity index (χ3v) is 4.21. The van der Waals surface area contributed by atoms with Crippen LogP contribution in [0.15, 0.2) is 41.1 Å². The van der Waals surface area contributed by atoms with Gasteiger partial charge >= 0.3 is 0 Å². The number of nitrogens with zero attached hydrogens (tertiary/aromatic N) is 1. The Morgan fingerprint density at radius 3 is 2.52 bits per heavy atom. The molecule has 112 valence electrons. The second-order valence-corrected chi connectivity index (χ2v) is 5.67. The van der Waals surface area contributed by atoms with Crippen molar-refractivity contribution < 1.29 is 9.53 Å². The number of carbonyl (C=O) groups excluding carboxylic acids is 1. The smallest absolute Gasteiger partial charge is 0.223 e. The molecule has 0 spiro atoms. The van der Waals surface area contributed by atoms with Crippen molar-refractivity contribution >= 4 is 17.2 Å². The summed E-state index contributed by atoms with van der Waals surface area (Å²) in [5.41, 5.74) is 2.37. The number of hydrogen-bond donors (Lipinski definition) is 0. The van der Waals surface area contributed by atoms with Crippen LogP contribution in [0.1, 0.15) is 24.5 Å². The van der Waals surface area contributed by atoms with Crippen molar-refractivity contribution in [3.63, 3.8) is 0 Å². The van der Waals surface area contributed by atoms with E-state index in [1.807, 2.05) is 36.1 Å². The summed E-state index contributed by atoms with van der Waals surface area (Å²) in [5, 5.41) is 4.15. The topological polar surface area (TPSA) is 29.5 Å². The molecule has 0 aliphatic rings. The standard InChI is InChI=1S/C17H21NO2S/c1-3-18(12-14-4-7-16(20-2)8-5-14)17(19)9-6-15-10-11-21-13-15/h4-5,7-8,10-11,13H,3,6,9,12H2,1-2H3. The van der Waals surface area contributed by atoms with Crippen LogP contribution in [0.25, 0.3) is 0 Å². The maximum Gasteiger partial charge on any atom is 0.223 e. The Morgan fingerprint density at radius 2 is 1.95 bits per heavy atom. The molecule has 1 aromatic carbocycles. The highest BCUT2D eigenvalue weighted by molar-refractivity contribution is 7.07. The van der Waals surface area contributed by atoms with E-state index in [-0.39, 0.29) is 5.91 Å². The van der Waals surface area contributed by atoms with E-state index in [1.165, 1.54) is 5.56 Å². The van der Waals surface area contributed by atoms with E-state index in [4.69, 9.17) is 4.74 Å². The second-order valence-electron chi connectivity index (χ2n) is 4.89. The Hall–Kier alpha value is -1.81. The lowest BCUT2D eigenvalue weighted by Gasteiger charge is -2.21. The summed E-state index contributed by atoms with van der Waals surface area (Å²) < 4.78 is 5.15. The van der Waals surface area contributed by atoms with Gasteiger partial charge in [0, 0.05) is 19.5 Å².